The smallest absolute Gasteiger partial charge is 0.224 e. The van der Waals surface area contributed by atoms with E-state index in [0.717, 1.165) is 27.7 Å². The second kappa shape index (κ2) is 9.24. The van der Waals surface area contributed by atoms with E-state index in [1.165, 1.54) is 0 Å². The Hall–Kier alpha value is -3.37. The van der Waals surface area contributed by atoms with Crippen LogP contribution >= 0.6 is 11.6 Å². The first-order valence-corrected chi connectivity index (χ1v) is 11.4. The number of aromatic nitrogens is 1. The van der Waals surface area contributed by atoms with Crippen molar-refractivity contribution in [1.29, 1.82) is 0 Å². The predicted octanol–water partition coefficient (Wildman–Crippen LogP) is 6.29. The van der Waals surface area contributed by atoms with E-state index in [4.69, 9.17) is 17.3 Å². The van der Waals surface area contributed by atoms with Gasteiger partial charge in [0.25, 0.3) is 0 Å². The normalized spacial score (nSPS) is 11.6. The highest BCUT2D eigenvalue weighted by atomic mass is 35.5. The Balaban J connectivity index is 1.92. The zero-order valence-electron chi connectivity index (χ0n) is 18.8. The maximum atomic E-state index is 13.7. The number of ketones is 1. The molecule has 3 aromatic carbocycles. The summed E-state index contributed by atoms with van der Waals surface area (Å²) in [4.78, 5) is 25.9. The number of primary amides is 1. The summed E-state index contributed by atoms with van der Waals surface area (Å²) in [5.41, 5.74) is 9.04. The molecular weight excluding hydrogens is 432 g/mol. The zero-order valence-corrected chi connectivity index (χ0v) is 19.6. The summed E-state index contributed by atoms with van der Waals surface area (Å²) in [7, 11) is 0. The molecule has 0 atom stereocenters. The molecule has 0 saturated heterocycles. The maximum Gasteiger partial charge on any atom is 0.224 e. The largest absolute Gasteiger partial charge is 0.369 e. The molecular formula is C28H27ClN2O2. The summed E-state index contributed by atoms with van der Waals surface area (Å²) in [5.74, 6) is -0.368. The lowest BCUT2D eigenvalue weighted by atomic mass is 9.92. The van der Waals surface area contributed by atoms with Crippen LogP contribution in [-0.2, 0) is 17.8 Å². The van der Waals surface area contributed by atoms with Crippen LogP contribution < -0.4 is 5.73 Å². The molecule has 1 aromatic heterocycles. The molecule has 0 aliphatic carbocycles. The van der Waals surface area contributed by atoms with Crippen molar-refractivity contribution < 1.29 is 9.59 Å². The highest BCUT2D eigenvalue weighted by Crippen LogP contribution is 2.39. The Labute approximate surface area is 199 Å². The topological polar surface area (TPSA) is 65.1 Å². The lowest BCUT2D eigenvalue weighted by Crippen LogP contribution is -2.35. The number of nitrogens with two attached hydrogens (primary N) is 1. The van der Waals surface area contributed by atoms with Gasteiger partial charge in [-0.2, -0.15) is 0 Å². The molecule has 1 amide bonds. The van der Waals surface area contributed by atoms with Crippen LogP contribution in [0, 0.1) is 5.41 Å². The van der Waals surface area contributed by atoms with Gasteiger partial charge in [-0.3, -0.25) is 9.59 Å². The van der Waals surface area contributed by atoms with Gasteiger partial charge in [0.05, 0.1) is 27.2 Å². The third-order valence-electron chi connectivity index (χ3n) is 6.06. The van der Waals surface area contributed by atoms with Crippen LogP contribution in [0.4, 0.5) is 0 Å². The lowest BCUT2D eigenvalue weighted by molar-refractivity contribution is -0.126. The second-order valence-electron chi connectivity index (χ2n) is 8.97. The number of hydrogen-bond acceptors (Lipinski definition) is 2. The number of aryl methyl sites for hydroxylation is 1. The molecule has 1 heterocycles. The number of halogens is 1. The van der Waals surface area contributed by atoms with Gasteiger partial charge >= 0.3 is 0 Å². The van der Waals surface area contributed by atoms with E-state index >= 15 is 0 Å². The van der Waals surface area contributed by atoms with Gasteiger partial charge in [-0.1, -0.05) is 84.4 Å². The zero-order chi connectivity index (χ0) is 23.6. The van der Waals surface area contributed by atoms with Gasteiger partial charge in [0.15, 0.2) is 5.78 Å². The molecule has 0 radical (unpaired) electrons. The Morgan fingerprint density at radius 1 is 0.909 bits per heavy atom. The van der Waals surface area contributed by atoms with Crippen LogP contribution in [0.2, 0.25) is 5.02 Å². The molecule has 2 N–H and O–H groups in total. The number of carbonyl (C=O) groups excluding carboxylic acids is 2. The molecule has 0 unspecified atom stereocenters. The fraction of sp³-hybridized carbons (Fsp3) is 0.214. The molecule has 0 aliphatic rings. The van der Waals surface area contributed by atoms with Crippen molar-refractivity contribution in [1.82, 2.24) is 4.57 Å². The van der Waals surface area contributed by atoms with Gasteiger partial charge in [0.2, 0.25) is 5.91 Å². The van der Waals surface area contributed by atoms with E-state index in [9.17, 15) is 9.59 Å². The van der Waals surface area contributed by atoms with E-state index in [2.05, 4.69) is 0 Å². The van der Waals surface area contributed by atoms with E-state index in [0.29, 0.717) is 30.0 Å². The number of amides is 1. The fourth-order valence-electron chi connectivity index (χ4n) is 4.20. The van der Waals surface area contributed by atoms with Crippen LogP contribution in [0.5, 0.6) is 0 Å². The molecule has 4 nitrogen and oxygen atoms in total. The van der Waals surface area contributed by atoms with Crippen LogP contribution in [0.15, 0.2) is 78.9 Å². The van der Waals surface area contributed by atoms with Gasteiger partial charge < -0.3 is 10.3 Å². The van der Waals surface area contributed by atoms with Gasteiger partial charge in [-0.05, 0) is 37.5 Å². The van der Waals surface area contributed by atoms with Gasteiger partial charge in [0, 0.05) is 18.4 Å². The van der Waals surface area contributed by atoms with Gasteiger partial charge in [-0.25, -0.2) is 0 Å². The average Bonchev–Trinajstić information content (AvgIpc) is 3.13. The third-order valence-corrected chi connectivity index (χ3v) is 6.37. The fourth-order valence-corrected chi connectivity index (χ4v) is 4.48. The van der Waals surface area contributed by atoms with Crippen molar-refractivity contribution in [3.8, 4) is 11.3 Å². The number of benzene rings is 3. The van der Waals surface area contributed by atoms with Crippen LogP contribution in [0.3, 0.4) is 0 Å². The maximum absolute atomic E-state index is 13.7. The lowest BCUT2D eigenvalue weighted by Gasteiger charge is -2.24. The van der Waals surface area contributed by atoms with Crippen LogP contribution in [0.1, 0.15) is 36.2 Å². The molecule has 4 aromatic rings. The standard InChI is InChI=1S/C28H27ClN2O2/c1-28(2,27(30)33)18-31-25(20-12-7-4-8-13-20)24(21-14-9-15-22(29)26(21)31)23(32)17-16-19-10-5-3-6-11-19/h3-15H,16-18H2,1-2H3,(H2,30,33). The van der Waals surface area contributed by atoms with E-state index in [1.807, 2.05) is 97.3 Å². The second-order valence-corrected chi connectivity index (χ2v) is 9.38. The van der Waals surface area contributed by atoms with Crippen molar-refractivity contribution in [2.24, 2.45) is 11.1 Å². The van der Waals surface area contributed by atoms with Crippen LogP contribution in [-0.4, -0.2) is 16.3 Å². The van der Waals surface area contributed by atoms with Crippen molar-refractivity contribution in [2.45, 2.75) is 33.2 Å². The Morgan fingerprint density at radius 2 is 1.55 bits per heavy atom. The Kier molecular flexibility index (Phi) is 6.39. The van der Waals surface area contributed by atoms with Crippen molar-refractivity contribution in [3.63, 3.8) is 0 Å². The molecule has 4 rings (SSSR count). The monoisotopic (exact) mass is 458 g/mol. The summed E-state index contributed by atoms with van der Waals surface area (Å²) in [5, 5.41) is 1.33. The summed E-state index contributed by atoms with van der Waals surface area (Å²) in [6, 6.07) is 25.4. The van der Waals surface area contributed by atoms with Gasteiger partial charge in [-0.15, -0.1) is 0 Å². The molecule has 33 heavy (non-hydrogen) atoms. The summed E-state index contributed by atoms with van der Waals surface area (Å²) in [6.07, 6.45) is 1.02. The number of carbonyl (C=O) groups is 2. The molecule has 168 valence electrons. The number of Topliss-reactive ketones (excluding diaryl/α,β-unsaturated/α-hetero) is 1. The molecule has 0 fully saturated rings. The van der Waals surface area contributed by atoms with E-state index < -0.39 is 11.3 Å². The van der Waals surface area contributed by atoms with Crippen LogP contribution in [0.25, 0.3) is 22.2 Å². The predicted molar refractivity (Wildman–Crippen MR) is 134 cm³/mol. The number of nitrogens with zero attached hydrogens (tertiary/aromatic N) is 1. The third kappa shape index (κ3) is 4.57. The van der Waals surface area contributed by atoms with E-state index in [1.54, 1.807) is 0 Å². The highest BCUT2D eigenvalue weighted by Gasteiger charge is 2.31. The highest BCUT2D eigenvalue weighted by molar-refractivity contribution is 6.36. The molecule has 0 bridgehead atoms. The Morgan fingerprint density at radius 3 is 2.18 bits per heavy atom. The van der Waals surface area contributed by atoms with Crippen molar-refractivity contribution in [2.75, 3.05) is 0 Å². The number of rotatable bonds is 8. The molecule has 0 aliphatic heterocycles. The Bertz CT molecular complexity index is 1310. The van der Waals surface area contributed by atoms with Gasteiger partial charge in [0.1, 0.15) is 0 Å². The minimum Gasteiger partial charge on any atom is -0.369 e. The minimum atomic E-state index is -0.834. The number of hydrogen-bond donors (Lipinski definition) is 1. The molecule has 0 spiro atoms. The van der Waals surface area contributed by atoms with E-state index in [-0.39, 0.29) is 5.78 Å². The van der Waals surface area contributed by atoms with Crippen molar-refractivity contribution in [3.05, 3.63) is 95.0 Å². The first kappa shape index (κ1) is 22.8. The summed E-state index contributed by atoms with van der Waals surface area (Å²) < 4.78 is 1.99. The average molecular weight is 459 g/mol. The number of para-hydroxylation sites is 1. The molecule has 0 saturated carbocycles. The summed E-state index contributed by atoms with van der Waals surface area (Å²) in [6.45, 7) is 3.92. The first-order chi connectivity index (χ1) is 15.8. The number of fused-ring (bicyclic) bond motifs is 1. The molecule has 5 heteroatoms. The minimum absolute atomic E-state index is 0.0422. The van der Waals surface area contributed by atoms with Crippen molar-refractivity contribution >= 4 is 34.2 Å². The first-order valence-electron chi connectivity index (χ1n) is 11.0. The summed E-state index contributed by atoms with van der Waals surface area (Å²) >= 11 is 6.67. The SMILES string of the molecule is CC(C)(Cn1c(-c2ccccc2)c(C(=O)CCc2ccccc2)c2cccc(Cl)c21)C(N)=O. The quantitative estimate of drug-likeness (QED) is 0.315.